The highest BCUT2D eigenvalue weighted by atomic mass is 19.1. The van der Waals surface area contributed by atoms with Gasteiger partial charge in [-0.15, -0.1) is 0 Å². The molecule has 0 aliphatic heterocycles. The lowest BCUT2D eigenvalue weighted by molar-refractivity contribution is -0.140. The quantitative estimate of drug-likeness (QED) is 0.663. The average molecular weight is 183 g/mol. The van der Waals surface area contributed by atoms with Crippen LogP contribution in [-0.2, 0) is 16.0 Å². The fourth-order valence-corrected chi connectivity index (χ4v) is 0.925. The first-order chi connectivity index (χ1) is 6.24. The number of hydrogen-bond acceptors (Lipinski definition) is 3. The van der Waals surface area contributed by atoms with Crippen LogP contribution in [0.1, 0.15) is 12.1 Å². The van der Waals surface area contributed by atoms with Crippen molar-refractivity contribution in [1.29, 1.82) is 0 Å². The van der Waals surface area contributed by atoms with Gasteiger partial charge in [-0.1, -0.05) is 0 Å². The fraction of sp³-hybridized carbons (Fsp3) is 0.333. The number of aryl methyl sites for hydroxylation is 1. The molecule has 0 bridgehead atoms. The molecule has 4 heteroatoms. The molecule has 0 radical (unpaired) electrons. The Bertz CT molecular complexity index is 301. The van der Waals surface area contributed by atoms with E-state index in [1.165, 1.54) is 25.4 Å². The van der Waals surface area contributed by atoms with Crippen LogP contribution in [0.3, 0.4) is 0 Å². The summed E-state index contributed by atoms with van der Waals surface area (Å²) in [4.78, 5) is 14.5. The van der Waals surface area contributed by atoms with E-state index < -0.39 is 0 Å². The molecule has 1 heterocycles. The van der Waals surface area contributed by atoms with Crippen LogP contribution < -0.4 is 0 Å². The number of carbonyl (C=O) groups is 1. The molecule has 13 heavy (non-hydrogen) atoms. The maximum Gasteiger partial charge on any atom is 0.305 e. The van der Waals surface area contributed by atoms with Crippen molar-refractivity contribution >= 4 is 5.97 Å². The highest BCUT2D eigenvalue weighted by molar-refractivity contribution is 5.69. The molecular weight excluding hydrogens is 173 g/mol. The Kier molecular flexibility index (Phi) is 3.37. The number of hydrogen-bond donors (Lipinski definition) is 0. The Morgan fingerprint density at radius 3 is 3.08 bits per heavy atom. The molecule has 1 aromatic rings. The van der Waals surface area contributed by atoms with Crippen molar-refractivity contribution < 1.29 is 13.9 Å². The van der Waals surface area contributed by atoms with Crippen LogP contribution in [0.15, 0.2) is 18.3 Å². The minimum Gasteiger partial charge on any atom is -0.469 e. The zero-order chi connectivity index (χ0) is 9.68. The Balaban J connectivity index is 2.54. The monoisotopic (exact) mass is 183 g/mol. The lowest BCUT2D eigenvalue weighted by Crippen LogP contribution is -2.04. The largest absolute Gasteiger partial charge is 0.469 e. The van der Waals surface area contributed by atoms with E-state index in [1.807, 2.05) is 0 Å². The van der Waals surface area contributed by atoms with Gasteiger partial charge in [0, 0.05) is 12.6 Å². The number of rotatable bonds is 3. The SMILES string of the molecule is COC(=O)CCc1ncccc1F. The van der Waals surface area contributed by atoms with Gasteiger partial charge in [0.15, 0.2) is 0 Å². The van der Waals surface area contributed by atoms with Crippen molar-refractivity contribution in [3.63, 3.8) is 0 Å². The smallest absolute Gasteiger partial charge is 0.305 e. The summed E-state index contributed by atoms with van der Waals surface area (Å²) >= 11 is 0. The first-order valence-electron chi connectivity index (χ1n) is 3.90. The van der Waals surface area contributed by atoms with Crippen molar-refractivity contribution in [2.75, 3.05) is 7.11 Å². The van der Waals surface area contributed by atoms with Gasteiger partial charge in [-0.3, -0.25) is 9.78 Å². The number of carbonyl (C=O) groups excluding carboxylic acids is 1. The third-order valence-corrected chi connectivity index (χ3v) is 1.63. The molecule has 1 rings (SSSR count). The summed E-state index contributed by atoms with van der Waals surface area (Å²) < 4.78 is 17.4. The van der Waals surface area contributed by atoms with Gasteiger partial charge in [0.25, 0.3) is 0 Å². The summed E-state index contributed by atoms with van der Waals surface area (Å²) in [6.45, 7) is 0. The summed E-state index contributed by atoms with van der Waals surface area (Å²) in [5.41, 5.74) is 0.299. The zero-order valence-corrected chi connectivity index (χ0v) is 7.29. The third kappa shape index (κ3) is 2.82. The van der Waals surface area contributed by atoms with Gasteiger partial charge in [-0.05, 0) is 12.1 Å². The molecule has 0 atom stereocenters. The molecule has 0 amide bonds. The number of ether oxygens (including phenoxy) is 1. The molecular formula is C9H10FNO2. The minimum absolute atomic E-state index is 0.157. The maximum atomic E-state index is 12.9. The zero-order valence-electron chi connectivity index (χ0n) is 7.29. The molecule has 0 aliphatic carbocycles. The highest BCUT2D eigenvalue weighted by Gasteiger charge is 2.05. The van der Waals surface area contributed by atoms with E-state index in [1.54, 1.807) is 0 Å². The molecule has 0 aromatic carbocycles. The molecule has 0 saturated carbocycles. The second-order valence-corrected chi connectivity index (χ2v) is 2.51. The van der Waals surface area contributed by atoms with E-state index in [2.05, 4.69) is 9.72 Å². The molecule has 0 unspecified atom stereocenters. The summed E-state index contributed by atoms with van der Waals surface area (Å²) in [6.07, 6.45) is 1.93. The van der Waals surface area contributed by atoms with Gasteiger partial charge in [0.2, 0.25) is 0 Å². The normalized spacial score (nSPS) is 9.69. The topological polar surface area (TPSA) is 39.2 Å². The van der Waals surface area contributed by atoms with Crippen molar-refractivity contribution in [3.8, 4) is 0 Å². The van der Waals surface area contributed by atoms with Gasteiger partial charge in [-0.25, -0.2) is 4.39 Å². The minimum atomic E-state index is -0.383. The van der Waals surface area contributed by atoms with Crippen LogP contribution in [0.25, 0.3) is 0 Å². The lowest BCUT2D eigenvalue weighted by Gasteiger charge is -2.00. The van der Waals surface area contributed by atoms with E-state index in [9.17, 15) is 9.18 Å². The van der Waals surface area contributed by atoms with Crippen molar-refractivity contribution in [2.45, 2.75) is 12.8 Å². The Hall–Kier alpha value is -1.45. The third-order valence-electron chi connectivity index (χ3n) is 1.63. The van der Waals surface area contributed by atoms with E-state index in [-0.39, 0.29) is 24.6 Å². The van der Waals surface area contributed by atoms with E-state index >= 15 is 0 Å². The summed E-state index contributed by atoms with van der Waals surface area (Å²) in [7, 11) is 1.30. The second kappa shape index (κ2) is 4.54. The van der Waals surface area contributed by atoms with E-state index in [0.29, 0.717) is 5.69 Å². The average Bonchev–Trinajstić information content (AvgIpc) is 2.16. The Morgan fingerprint density at radius 2 is 2.46 bits per heavy atom. The van der Waals surface area contributed by atoms with Crippen molar-refractivity contribution in [1.82, 2.24) is 4.98 Å². The van der Waals surface area contributed by atoms with Crippen LogP contribution in [-0.4, -0.2) is 18.1 Å². The molecule has 1 aromatic heterocycles. The number of pyridine rings is 1. The van der Waals surface area contributed by atoms with Crippen LogP contribution in [0.2, 0.25) is 0 Å². The second-order valence-electron chi connectivity index (χ2n) is 2.51. The van der Waals surface area contributed by atoms with Crippen molar-refractivity contribution in [2.24, 2.45) is 0 Å². The van der Waals surface area contributed by atoms with Gasteiger partial charge in [-0.2, -0.15) is 0 Å². The number of aromatic nitrogens is 1. The van der Waals surface area contributed by atoms with E-state index in [4.69, 9.17) is 0 Å². The highest BCUT2D eigenvalue weighted by Crippen LogP contribution is 2.05. The summed E-state index contributed by atoms with van der Waals surface area (Å²) in [6, 6.07) is 2.83. The number of methoxy groups -OCH3 is 1. The van der Waals surface area contributed by atoms with Gasteiger partial charge in [0.05, 0.1) is 19.2 Å². The van der Waals surface area contributed by atoms with Crippen LogP contribution in [0.4, 0.5) is 4.39 Å². The molecule has 0 saturated heterocycles. The molecule has 0 aliphatic rings. The molecule has 70 valence electrons. The Labute approximate surface area is 75.6 Å². The first kappa shape index (κ1) is 9.64. The first-order valence-corrected chi connectivity index (χ1v) is 3.90. The summed E-state index contributed by atoms with van der Waals surface area (Å²) in [5.74, 6) is -0.739. The number of nitrogens with zero attached hydrogens (tertiary/aromatic N) is 1. The van der Waals surface area contributed by atoms with Crippen LogP contribution in [0, 0.1) is 5.82 Å². The number of esters is 1. The fourth-order valence-electron chi connectivity index (χ4n) is 0.925. The van der Waals surface area contributed by atoms with Crippen LogP contribution >= 0.6 is 0 Å². The van der Waals surface area contributed by atoms with Gasteiger partial charge in [0.1, 0.15) is 5.82 Å². The molecule has 3 nitrogen and oxygen atoms in total. The molecule has 0 spiro atoms. The predicted molar refractivity (Wildman–Crippen MR) is 44.5 cm³/mol. The van der Waals surface area contributed by atoms with Crippen LogP contribution in [0.5, 0.6) is 0 Å². The predicted octanol–water partition coefficient (Wildman–Crippen LogP) is 1.33. The molecule has 0 N–H and O–H groups in total. The van der Waals surface area contributed by atoms with E-state index in [0.717, 1.165) is 0 Å². The summed E-state index contributed by atoms with van der Waals surface area (Å²) in [5, 5.41) is 0. The van der Waals surface area contributed by atoms with Crippen molar-refractivity contribution in [3.05, 3.63) is 29.8 Å². The Morgan fingerprint density at radius 1 is 1.69 bits per heavy atom. The lowest BCUT2D eigenvalue weighted by atomic mass is 10.2. The van der Waals surface area contributed by atoms with Gasteiger partial charge < -0.3 is 4.74 Å². The number of halogens is 1. The van der Waals surface area contributed by atoms with Gasteiger partial charge >= 0.3 is 5.97 Å². The standard InChI is InChI=1S/C9H10FNO2/c1-13-9(12)5-4-8-7(10)3-2-6-11-8/h2-3,6H,4-5H2,1H3. The molecule has 0 fully saturated rings. The maximum absolute atomic E-state index is 12.9.